The van der Waals surface area contributed by atoms with E-state index in [0.29, 0.717) is 11.8 Å². The Hall–Kier alpha value is -0.900. The molecule has 1 saturated carbocycles. The highest BCUT2D eigenvalue weighted by Gasteiger charge is 2.44. The van der Waals surface area contributed by atoms with Gasteiger partial charge in [0.1, 0.15) is 0 Å². The number of hydrogen-bond acceptors (Lipinski definition) is 3. The summed E-state index contributed by atoms with van der Waals surface area (Å²) in [6.45, 7) is 7.01. The van der Waals surface area contributed by atoms with E-state index in [9.17, 15) is 9.59 Å². The van der Waals surface area contributed by atoms with E-state index in [0.717, 1.165) is 19.4 Å². The molecule has 102 valence electrons. The lowest BCUT2D eigenvalue weighted by Crippen LogP contribution is -2.44. The number of nitrogens with one attached hydrogen (secondary N) is 1. The lowest BCUT2D eigenvalue weighted by Gasteiger charge is -2.22. The van der Waals surface area contributed by atoms with E-state index in [1.165, 1.54) is 17.7 Å². The van der Waals surface area contributed by atoms with Gasteiger partial charge in [0.15, 0.2) is 0 Å². The average molecular weight is 252 g/mol. The van der Waals surface area contributed by atoms with Gasteiger partial charge in [0.25, 0.3) is 0 Å². The molecule has 2 rings (SSSR count). The van der Waals surface area contributed by atoms with Crippen LogP contribution in [0.5, 0.6) is 0 Å². The van der Waals surface area contributed by atoms with Crippen LogP contribution in [0, 0.1) is 5.41 Å². The Kier molecular flexibility index (Phi) is 3.76. The monoisotopic (exact) mass is 252 g/mol. The molecule has 4 heteroatoms. The highest BCUT2D eigenvalue weighted by molar-refractivity contribution is 6.05. The maximum atomic E-state index is 12.2. The van der Waals surface area contributed by atoms with E-state index < -0.39 is 0 Å². The van der Waals surface area contributed by atoms with Crippen molar-refractivity contribution in [2.24, 2.45) is 5.41 Å². The Labute approximate surface area is 109 Å². The van der Waals surface area contributed by atoms with Gasteiger partial charge in [-0.25, -0.2) is 0 Å². The number of imide groups is 1. The molecule has 1 saturated heterocycles. The minimum atomic E-state index is -0.282. The van der Waals surface area contributed by atoms with Gasteiger partial charge in [0.2, 0.25) is 11.8 Å². The third-order valence-corrected chi connectivity index (χ3v) is 4.65. The second-order valence-corrected chi connectivity index (χ2v) is 5.85. The molecule has 0 bridgehead atoms. The molecule has 1 aliphatic carbocycles. The number of rotatable bonds is 6. The summed E-state index contributed by atoms with van der Waals surface area (Å²) >= 11 is 0. The Morgan fingerprint density at radius 1 is 1.39 bits per heavy atom. The van der Waals surface area contributed by atoms with Gasteiger partial charge in [-0.2, -0.15) is 0 Å². The summed E-state index contributed by atoms with van der Waals surface area (Å²) in [7, 11) is 0. The van der Waals surface area contributed by atoms with Crippen LogP contribution >= 0.6 is 0 Å². The van der Waals surface area contributed by atoms with Crippen LogP contribution in [-0.4, -0.2) is 35.3 Å². The van der Waals surface area contributed by atoms with Crippen LogP contribution in [-0.2, 0) is 9.59 Å². The standard InChI is InChI=1S/C14H24N2O2/c1-4-10(3)16-12(17)8-11(13(16)18)15-9-14(5-2)6-7-14/h10-11,15H,4-9H2,1-3H3. The largest absolute Gasteiger partial charge is 0.305 e. The first-order chi connectivity index (χ1) is 8.53. The molecule has 4 nitrogen and oxygen atoms in total. The van der Waals surface area contributed by atoms with Crippen molar-refractivity contribution in [3.05, 3.63) is 0 Å². The van der Waals surface area contributed by atoms with Crippen molar-refractivity contribution in [3.8, 4) is 0 Å². The van der Waals surface area contributed by atoms with E-state index in [1.54, 1.807) is 0 Å². The molecule has 0 aromatic heterocycles. The predicted octanol–water partition coefficient (Wildman–Crippen LogP) is 1.69. The molecule has 18 heavy (non-hydrogen) atoms. The van der Waals surface area contributed by atoms with E-state index in [4.69, 9.17) is 0 Å². The van der Waals surface area contributed by atoms with Crippen molar-refractivity contribution >= 4 is 11.8 Å². The third-order valence-electron chi connectivity index (χ3n) is 4.65. The number of carbonyl (C=O) groups is 2. The molecular formula is C14H24N2O2. The number of amides is 2. The third kappa shape index (κ3) is 2.44. The van der Waals surface area contributed by atoms with Gasteiger partial charge < -0.3 is 5.32 Å². The molecule has 0 aromatic carbocycles. The molecule has 0 spiro atoms. The van der Waals surface area contributed by atoms with E-state index in [1.807, 2.05) is 13.8 Å². The quantitative estimate of drug-likeness (QED) is 0.732. The topological polar surface area (TPSA) is 49.4 Å². The van der Waals surface area contributed by atoms with Gasteiger partial charge in [-0.15, -0.1) is 0 Å². The summed E-state index contributed by atoms with van der Waals surface area (Å²) in [4.78, 5) is 25.5. The zero-order chi connectivity index (χ0) is 13.3. The Balaban J connectivity index is 1.91. The smallest absolute Gasteiger partial charge is 0.247 e. The summed E-state index contributed by atoms with van der Waals surface area (Å²) < 4.78 is 0. The molecule has 1 aliphatic heterocycles. The molecular weight excluding hydrogens is 228 g/mol. The molecule has 2 fully saturated rings. The second-order valence-electron chi connectivity index (χ2n) is 5.85. The van der Waals surface area contributed by atoms with Crippen molar-refractivity contribution in [1.29, 1.82) is 0 Å². The average Bonchev–Trinajstić information content (AvgIpc) is 3.09. The first kappa shape index (κ1) is 13.5. The number of hydrogen-bond donors (Lipinski definition) is 1. The van der Waals surface area contributed by atoms with Crippen molar-refractivity contribution < 1.29 is 9.59 Å². The minimum Gasteiger partial charge on any atom is -0.305 e. The highest BCUT2D eigenvalue weighted by atomic mass is 16.2. The fourth-order valence-corrected chi connectivity index (χ4v) is 2.63. The lowest BCUT2D eigenvalue weighted by atomic mass is 10.0. The van der Waals surface area contributed by atoms with E-state index in [2.05, 4.69) is 12.2 Å². The summed E-state index contributed by atoms with van der Waals surface area (Å²) in [5.41, 5.74) is 0.410. The first-order valence-electron chi connectivity index (χ1n) is 7.12. The van der Waals surface area contributed by atoms with Crippen LogP contribution in [0.25, 0.3) is 0 Å². The number of likely N-dealkylation sites (tertiary alicyclic amines) is 1. The zero-order valence-corrected chi connectivity index (χ0v) is 11.7. The van der Waals surface area contributed by atoms with Gasteiger partial charge >= 0.3 is 0 Å². The fraction of sp³-hybridized carbons (Fsp3) is 0.857. The van der Waals surface area contributed by atoms with Crippen molar-refractivity contribution in [2.45, 2.75) is 65.0 Å². The van der Waals surface area contributed by atoms with Crippen molar-refractivity contribution in [3.63, 3.8) is 0 Å². The maximum Gasteiger partial charge on any atom is 0.247 e. The highest BCUT2D eigenvalue weighted by Crippen LogP contribution is 2.48. The first-order valence-corrected chi connectivity index (χ1v) is 7.12. The summed E-state index contributed by atoms with van der Waals surface area (Å²) in [5.74, 6) is -0.0468. The van der Waals surface area contributed by atoms with Crippen LogP contribution in [0.1, 0.15) is 52.9 Å². The van der Waals surface area contributed by atoms with Gasteiger partial charge in [0, 0.05) is 12.6 Å². The van der Waals surface area contributed by atoms with Crippen LogP contribution in [0.3, 0.4) is 0 Å². The Morgan fingerprint density at radius 2 is 2.06 bits per heavy atom. The number of carbonyl (C=O) groups excluding carboxylic acids is 2. The molecule has 2 aliphatic rings. The fourth-order valence-electron chi connectivity index (χ4n) is 2.63. The van der Waals surface area contributed by atoms with Gasteiger partial charge in [-0.1, -0.05) is 13.8 Å². The summed E-state index contributed by atoms with van der Waals surface area (Å²) in [6.07, 6.45) is 4.82. The zero-order valence-electron chi connectivity index (χ0n) is 11.7. The van der Waals surface area contributed by atoms with Crippen LogP contribution in [0.2, 0.25) is 0 Å². The summed E-state index contributed by atoms with van der Waals surface area (Å²) in [6, 6.07) is -0.256. The van der Waals surface area contributed by atoms with Crippen LogP contribution < -0.4 is 5.32 Å². The second kappa shape index (κ2) is 5.00. The molecule has 2 atom stereocenters. The van der Waals surface area contributed by atoms with Gasteiger partial charge in [0.05, 0.1) is 12.5 Å². The lowest BCUT2D eigenvalue weighted by molar-refractivity contribution is -0.141. The molecule has 0 radical (unpaired) electrons. The predicted molar refractivity (Wildman–Crippen MR) is 70.0 cm³/mol. The molecule has 2 amide bonds. The van der Waals surface area contributed by atoms with Gasteiger partial charge in [-0.05, 0) is 38.0 Å². The van der Waals surface area contributed by atoms with Crippen LogP contribution in [0.4, 0.5) is 0 Å². The van der Waals surface area contributed by atoms with E-state index >= 15 is 0 Å². The molecule has 2 unspecified atom stereocenters. The van der Waals surface area contributed by atoms with Crippen molar-refractivity contribution in [1.82, 2.24) is 10.2 Å². The Morgan fingerprint density at radius 3 is 2.56 bits per heavy atom. The molecule has 1 N–H and O–H groups in total. The SMILES string of the molecule is CCC(C)N1C(=O)CC(NCC2(CC)CC2)C1=O. The maximum absolute atomic E-state index is 12.2. The van der Waals surface area contributed by atoms with Crippen LogP contribution in [0.15, 0.2) is 0 Å². The minimum absolute atomic E-state index is 0.0202. The Bertz CT molecular complexity index is 350. The normalized spacial score (nSPS) is 27.7. The summed E-state index contributed by atoms with van der Waals surface area (Å²) in [5, 5.41) is 3.31. The number of nitrogens with zero attached hydrogens (tertiary/aromatic N) is 1. The molecule has 0 aromatic rings. The van der Waals surface area contributed by atoms with Crippen molar-refractivity contribution in [2.75, 3.05) is 6.54 Å². The van der Waals surface area contributed by atoms with Gasteiger partial charge in [-0.3, -0.25) is 14.5 Å². The van der Waals surface area contributed by atoms with E-state index in [-0.39, 0.29) is 23.9 Å². The molecule has 1 heterocycles.